The molecule has 0 atom stereocenters. The van der Waals surface area contributed by atoms with Gasteiger partial charge >= 0.3 is 0 Å². The summed E-state index contributed by atoms with van der Waals surface area (Å²) in [7, 11) is 0. The Morgan fingerprint density at radius 2 is 1.60 bits per heavy atom. The smallest absolute Gasteiger partial charge is 0.126 e. The molecule has 0 radical (unpaired) electrons. The van der Waals surface area contributed by atoms with E-state index in [-0.39, 0.29) is 0 Å². The highest BCUT2D eigenvalue weighted by atomic mass is 35.5. The summed E-state index contributed by atoms with van der Waals surface area (Å²) in [6.07, 6.45) is 3.12. The minimum atomic E-state index is -0.422. The normalized spacial score (nSPS) is 10.6. The van der Waals surface area contributed by atoms with Crippen molar-refractivity contribution < 1.29 is 4.39 Å². The molecule has 0 unspecified atom stereocenters. The maximum absolute atomic E-state index is 13.0. The van der Waals surface area contributed by atoms with E-state index in [1.54, 1.807) is 0 Å². The maximum Gasteiger partial charge on any atom is 0.126 e. The van der Waals surface area contributed by atoms with Crippen molar-refractivity contribution in [3.8, 4) is 0 Å². The molecule has 0 saturated carbocycles. The van der Waals surface area contributed by atoms with Gasteiger partial charge < -0.3 is 5.32 Å². The minimum absolute atomic E-state index is 0.318. The second-order valence-corrected chi connectivity index (χ2v) is 5.43. The third-order valence-corrected chi connectivity index (χ3v) is 3.64. The average Bonchev–Trinajstić information content (AvgIpc) is 2.42. The van der Waals surface area contributed by atoms with Gasteiger partial charge in [-0.1, -0.05) is 53.5 Å². The van der Waals surface area contributed by atoms with E-state index in [0.29, 0.717) is 15.7 Å². The molecule has 2 rings (SSSR count). The van der Waals surface area contributed by atoms with Crippen molar-refractivity contribution in [2.24, 2.45) is 0 Å². The average molecular weight is 312 g/mol. The first-order valence-electron chi connectivity index (χ1n) is 6.59. The lowest BCUT2D eigenvalue weighted by Gasteiger charge is -2.10. The summed E-state index contributed by atoms with van der Waals surface area (Å²) in [6, 6.07) is 12.9. The molecule has 1 nitrogen and oxygen atoms in total. The maximum atomic E-state index is 13.0. The molecule has 20 heavy (non-hydrogen) atoms. The van der Waals surface area contributed by atoms with Gasteiger partial charge in [0.15, 0.2) is 0 Å². The molecule has 0 aliphatic heterocycles. The quantitative estimate of drug-likeness (QED) is 0.688. The summed E-state index contributed by atoms with van der Waals surface area (Å²) in [5.74, 6) is -0.422. The highest BCUT2D eigenvalue weighted by Gasteiger charge is 2.07. The number of benzene rings is 2. The standard InChI is InChI=1S/C16H16Cl2FN/c17-14-10-13(19)11-15(18)16(14)20-9-5-4-8-12-6-2-1-3-7-12/h1-3,6-7,10-11,20H,4-5,8-9H2. The molecule has 2 aromatic carbocycles. The summed E-state index contributed by atoms with van der Waals surface area (Å²) in [6.45, 7) is 0.762. The van der Waals surface area contributed by atoms with Crippen molar-refractivity contribution in [3.05, 3.63) is 63.9 Å². The molecule has 4 heteroatoms. The van der Waals surface area contributed by atoms with Gasteiger partial charge in [-0.05, 0) is 37.0 Å². The molecule has 0 bridgehead atoms. The number of nitrogens with one attached hydrogen (secondary N) is 1. The number of hydrogen-bond acceptors (Lipinski definition) is 1. The van der Waals surface area contributed by atoms with Gasteiger partial charge in [0.2, 0.25) is 0 Å². The zero-order chi connectivity index (χ0) is 14.4. The van der Waals surface area contributed by atoms with Crippen molar-refractivity contribution in [1.82, 2.24) is 0 Å². The van der Waals surface area contributed by atoms with Gasteiger partial charge in [-0.15, -0.1) is 0 Å². The second kappa shape index (κ2) is 7.51. The van der Waals surface area contributed by atoms with E-state index in [4.69, 9.17) is 23.2 Å². The Labute approximate surface area is 128 Å². The number of unbranched alkanes of at least 4 members (excludes halogenated alkanes) is 1. The molecule has 106 valence electrons. The Morgan fingerprint density at radius 1 is 0.950 bits per heavy atom. The number of hydrogen-bond donors (Lipinski definition) is 1. The molecule has 0 fully saturated rings. The summed E-state index contributed by atoms with van der Waals surface area (Å²) >= 11 is 11.9. The van der Waals surface area contributed by atoms with Crippen LogP contribution in [0.2, 0.25) is 10.0 Å². The van der Waals surface area contributed by atoms with E-state index in [1.165, 1.54) is 17.7 Å². The van der Waals surface area contributed by atoms with Crippen LogP contribution < -0.4 is 5.32 Å². The SMILES string of the molecule is Fc1cc(Cl)c(NCCCCc2ccccc2)c(Cl)c1. The summed E-state index contributed by atoms with van der Waals surface area (Å²) in [5.41, 5.74) is 1.94. The van der Waals surface area contributed by atoms with Crippen LogP contribution in [-0.4, -0.2) is 6.54 Å². The van der Waals surface area contributed by atoms with Crippen molar-refractivity contribution >= 4 is 28.9 Å². The van der Waals surface area contributed by atoms with Crippen molar-refractivity contribution in [3.63, 3.8) is 0 Å². The van der Waals surface area contributed by atoms with Crippen LogP contribution in [0.4, 0.5) is 10.1 Å². The monoisotopic (exact) mass is 311 g/mol. The number of halogens is 3. The van der Waals surface area contributed by atoms with E-state index in [0.717, 1.165) is 25.8 Å². The topological polar surface area (TPSA) is 12.0 Å². The van der Waals surface area contributed by atoms with E-state index < -0.39 is 5.82 Å². The molecular formula is C16H16Cl2FN. The fraction of sp³-hybridized carbons (Fsp3) is 0.250. The van der Waals surface area contributed by atoms with Crippen LogP contribution >= 0.6 is 23.2 Å². The van der Waals surface area contributed by atoms with Crippen LogP contribution in [0.15, 0.2) is 42.5 Å². The first kappa shape index (κ1) is 15.1. The number of aryl methyl sites for hydroxylation is 1. The highest BCUT2D eigenvalue weighted by molar-refractivity contribution is 6.39. The van der Waals surface area contributed by atoms with E-state index >= 15 is 0 Å². The van der Waals surface area contributed by atoms with Crippen LogP contribution in [0.3, 0.4) is 0 Å². The Morgan fingerprint density at radius 3 is 2.25 bits per heavy atom. The molecule has 0 spiro atoms. The number of anilines is 1. The molecule has 0 aromatic heterocycles. The van der Waals surface area contributed by atoms with Crippen LogP contribution in [0, 0.1) is 5.82 Å². The van der Waals surface area contributed by atoms with E-state index in [2.05, 4.69) is 17.4 Å². The molecule has 0 amide bonds. The van der Waals surface area contributed by atoms with E-state index in [1.807, 2.05) is 18.2 Å². The van der Waals surface area contributed by atoms with Crippen LogP contribution in [-0.2, 0) is 6.42 Å². The van der Waals surface area contributed by atoms with E-state index in [9.17, 15) is 4.39 Å². The fourth-order valence-corrected chi connectivity index (χ4v) is 2.62. The van der Waals surface area contributed by atoms with Crippen LogP contribution in [0.1, 0.15) is 18.4 Å². The minimum Gasteiger partial charge on any atom is -0.383 e. The predicted molar refractivity (Wildman–Crippen MR) is 84.3 cm³/mol. The third-order valence-electron chi connectivity index (χ3n) is 3.04. The highest BCUT2D eigenvalue weighted by Crippen LogP contribution is 2.31. The predicted octanol–water partition coefficient (Wildman–Crippen LogP) is 5.57. The van der Waals surface area contributed by atoms with Crippen molar-refractivity contribution in [2.45, 2.75) is 19.3 Å². The molecule has 0 aliphatic carbocycles. The molecule has 0 heterocycles. The van der Waals surface area contributed by atoms with Gasteiger partial charge in [0.05, 0.1) is 15.7 Å². The second-order valence-electron chi connectivity index (χ2n) is 4.61. The zero-order valence-electron chi connectivity index (χ0n) is 11.0. The molecule has 0 saturated heterocycles. The van der Waals surface area contributed by atoms with Crippen LogP contribution in [0.25, 0.3) is 0 Å². The number of rotatable bonds is 6. The van der Waals surface area contributed by atoms with Gasteiger partial charge in [0.1, 0.15) is 5.82 Å². The zero-order valence-corrected chi connectivity index (χ0v) is 12.5. The van der Waals surface area contributed by atoms with Gasteiger partial charge in [0, 0.05) is 6.54 Å². The Bertz CT molecular complexity index is 535. The lowest BCUT2D eigenvalue weighted by Crippen LogP contribution is -2.03. The van der Waals surface area contributed by atoms with Gasteiger partial charge in [-0.3, -0.25) is 0 Å². The fourth-order valence-electron chi connectivity index (χ4n) is 2.02. The van der Waals surface area contributed by atoms with Gasteiger partial charge in [0.25, 0.3) is 0 Å². The van der Waals surface area contributed by atoms with Crippen molar-refractivity contribution in [2.75, 3.05) is 11.9 Å². The molecule has 1 N–H and O–H groups in total. The lowest BCUT2D eigenvalue weighted by molar-refractivity contribution is 0.628. The summed E-state index contributed by atoms with van der Waals surface area (Å²) < 4.78 is 13.0. The largest absolute Gasteiger partial charge is 0.383 e. The molecule has 2 aromatic rings. The van der Waals surface area contributed by atoms with Crippen molar-refractivity contribution in [1.29, 1.82) is 0 Å². The Hall–Kier alpha value is -1.25. The lowest BCUT2D eigenvalue weighted by atomic mass is 10.1. The summed E-state index contributed by atoms with van der Waals surface area (Å²) in [5, 5.41) is 3.80. The first-order valence-corrected chi connectivity index (χ1v) is 7.35. The Kier molecular flexibility index (Phi) is 5.69. The van der Waals surface area contributed by atoms with Crippen LogP contribution in [0.5, 0.6) is 0 Å². The molecular weight excluding hydrogens is 296 g/mol. The first-order chi connectivity index (χ1) is 9.66. The molecule has 0 aliphatic rings. The Balaban J connectivity index is 1.76. The van der Waals surface area contributed by atoms with Gasteiger partial charge in [-0.25, -0.2) is 4.39 Å². The summed E-state index contributed by atoms with van der Waals surface area (Å²) in [4.78, 5) is 0. The van der Waals surface area contributed by atoms with Gasteiger partial charge in [-0.2, -0.15) is 0 Å². The third kappa shape index (κ3) is 4.39.